The minimum absolute atomic E-state index is 0.0257. The highest BCUT2D eigenvalue weighted by Crippen LogP contribution is 2.20. The van der Waals surface area contributed by atoms with Gasteiger partial charge < -0.3 is 10.2 Å². The summed E-state index contributed by atoms with van der Waals surface area (Å²) in [6.45, 7) is 3.82. The Hall–Kier alpha value is -2.02. The Morgan fingerprint density at radius 2 is 2.24 bits per heavy atom. The Morgan fingerprint density at radius 3 is 2.86 bits per heavy atom. The van der Waals surface area contributed by atoms with Gasteiger partial charge in [0.25, 0.3) is 5.91 Å². The molecule has 0 bridgehead atoms. The number of nitrogens with zero attached hydrogens (tertiary/aromatic N) is 2. The van der Waals surface area contributed by atoms with Gasteiger partial charge in [0.15, 0.2) is 0 Å². The van der Waals surface area contributed by atoms with E-state index in [0.717, 1.165) is 31.6 Å². The number of likely N-dealkylation sites (tertiary alicyclic amines) is 1. The number of halogens is 1. The fourth-order valence-electron chi connectivity index (χ4n) is 2.61. The molecule has 21 heavy (non-hydrogen) atoms. The van der Waals surface area contributed by atoms with Crippen LogP contribution >= 0.6 is 0 Å². The van der Waals surface area contributed by atoms with Gasteiger partial charge in [0.2, 0.25) is 5.82 Å². The Labute approximate surface area is 122 Å². The highest BCUT2D eigenvalue weighted by Gasteiger charge is 2.26. The lowest BCUT2D eigenvalue weighted by Gasteiger charge is -2.35. The van der Waals surface area contributed by atoms with Crippen molar-refractivity contribution >= 4 is 11.6 Å². The van der Waals surface area contributed by atoms with Gasteiger partial charge in [-0.05, 0) is 38.1 Å². The SMILES string of the molecule is CC1CN(C)CCC1NC(=O)c1ccc(F)c([N+](=O)[O-])c1. The topological polar surface area (TPSA) is 75.5 Å². The predicted octanol–water partition coefficient (Wildman–Crippen LogP) is 1.80. The highest BCUT2D eigenvalue weighted by atomic mass is 19.1. The molecule has 1 fully saturated rings. The van der Waals surface area contributed by atoms with Crippen molar-refractivity contribution in [1.29, 1.82) is 0 Å². The molecule has 1 N–H and O–H groups in total. The average Bonchev–Trinajstić information content (AvgIpc) is 2.42. The zero-order valence-corrected chi connectivity index (χ0v) is 12.0. The fourth-order valence-corrected chi connectivity index (χ4v) is 2.61. The van der Waals surface area contributed by atoms with E-state index < -0.39 is 22.3 Å². The van der Waals surface area contributed by atoms with Gasteiger partial charge in [0.1, 0.15) is 0 Å². The quantitative estimate of drug-likeness (QED) is 0.681. The normalized spacial score (nSPS) is 22.8. The third-order valence-electron chi connectivity index (χ3n) is 3.83. The number of hydrogen-bond acceptors (Lipinski definition) is 4. The molecule has 7 heteroatoms. The third-order valence-corrected chi connectivity index (χ3v) is 3.83. The van der Waals surface area contributed by atoms with Crippen molar-refractivity contribution in [3.63, 3.8) is 0 Å². The minimum Gasteiger partial charge on any atom is -0.349 e. The molecule has 1 aliphatic rings. The van der Waals surface area contributed by atoms with Crippen molar-refractivity contribution in [3.8, 4) is 0 Å². The van der Waals surface area contributed by atoms with E-state index >= 15 is 0 Å². The lowest BCUT2D eigenvalue weighted by atomic mass is 9.94. The third kappa shape index (κ3) is 3.55. The van der Waals surface area contributed by atoms with Crippen LogP contribution < -0.4 is 5.32 Å². The molecule has 2 unspecified atom stereocenters. The summed E-state index contributed by atoms with van der Waals surface area (Å²) in [5.41, 5.74) is -0.576. The number of carbonyl (C=O) groups is 1. The first-order valence-electron chi connectivity index (χ1n) is 6.82. The van der Waals surface area contributed by atoms with E-state index in [-0.39, 0.29) is 11.6 Å². The number of benzene rings is 1. The standard InChI is InChI=1S/C14H18FN3O3/c1-9-8-17(2)6-5-12(9)16-14(19)10-3-4-11(15)13(7-10)18(20)21/h3-4,7,9,12H,5-6,8H2,1-2H3,(H,16,19). The molecule has 1 aromatic carbocycles. The second-order valence-corrected chi connectivity index (χ2v) is 5.53. The van der Waals surface area contributed by atoms with Crippen molar-refractivity contribution in [1.82, 2.24) is 10.2 Å². The van der Waals surface area contributed by atoms with Crippen LogP contribution in [0.1, 0.15) is 23.7 Å². The maximum Gasteiger partial charge on any atom is 0.305 e. The first-order valence-corrected chi connectivity index (χ1v) is 6.82. The number of rotatable bonds is 3. The summed E-state index contributed by atoms with van der Waals surface area (Å²) in [6, 6.07) is 3.21. The molecular formula is C14H18FN3O3. The number of carbonyl (C=O) groups excluding carboxylic acids is 1. The molecule has 0 radical (unpaired) electrons. The minimum atomic E-state index is -0.941. The van der Waals surface area contributed by atoms with Gasteiger partial charge in [0, 0.05) is 24.2 Å². The molecule has 0 saturated carbocycles. The van der Waals surface area contributed by atoms with Crippen molar-refractivity contribution in [3.05, 3.63) is 39.7 Å². The van der Waals surface area contributed by atoms with Gasteiger partial charge in [-0.3, -0.25) is 14.9 Å². The van der Waals surface area contributed by atoms with Gasteiger partial charge >= 0.3 is 5.69 Å². The van der Waals surface area contributed by atoms with E-state index in [9.17, 15) is 19.3 Å². The van der Waals surface area contributed by atoms with Crippen molar-refractivity contribution < 1.29 is 14.1 Å². The maximum atomic E-state index is 13.3. The van der Waals surface area contributed by atoms with Crippen LogP contribution in [0.15, 0.2) is 18.2 Å². The zero-order valence-electron chi connectivity index (χ0n) is 12.0. The van der Waals surface area contributed by atoms with Crippen LogP contribution in [0.3, 0.4) is 0 Å². The maximum absolute atomic E-state index is 13.3. The molecule has 0 aromatic heterocycles. The Bertz CT molecular complexity index is 564. The number of amides is 1. The largest absolute Gasteiger partial charge is 0.349 e. The summed E-state index contributed by atoms with van der Waals surface area (Å²) in [7, 11) is 2.03. The van der Waals surface area contributed by atoms with E-state index in [4.69, 9.17) is 0 Å². The summed E-state index contributed by atoms with van der Waals surface area (Å²) < 4.78 is 13.3. The Balaban J connectivity index is 2.10. The molecule has 2 rings (SSSR count). The zero-order chi connectivity index (χ0) is 15.6. The Morgan fingerprint density at radius 1 is 1.52 bits per heavy atom. The molecule has 1 saturated heterocycles. The van der Waals surface area contributed by atoms with E-state index in [0.29, 0.717) is 5.92 Å². The van der Waals surface area contributed by atoms with Crippen molar-refractivity contribution in [2.75, 3.05) is 20.1 Å². The number of piperidine rings is 1. The lowest BCUT2D eigenvalue weighted by molar-refractivity contribution is -0.387. The number of nitrogens with one attached hydrogen (secondary N) is 1. The van der Waals surface area contributed by atoms with Crippen LogP contribution in [0.4, 0.5) is 10.1 Å². The molecule has 0 aliphatic carbocycles. The van der Waals surface area contributed by atoms with Gasteiger partial charge in [-0.1, -0.05) is 6.92 Å². The second-order valence-electron chi connectivity index (χ2n) is 5.53. The van der Waals surface area contributed by atoms with Gasteiger partial charge in [-0.15, -0.1) is 0 Å². The molecule has 114 valence electrons. The van der Waals surface area contributed by atoms with Crippen LogP contribution in [0.5, 0.6) is 0 Å². The van der Waals surface area contributed by atoms with E-state index in [2.05, 4.69) is 10.2 Å². The van der Waals surface area contributed by atoms with Crippen molar-refractivity contribution in [2.24, 2.45) is 5.92 Å². The van der Waals surface area contributed by atoms with Crippen molar-refractivity contribution in [2.45, 2.75) is 19.4 Å². The first kappa shape index (κ1) is 15.4. The fraction of sp³-hybridized carbons (Fsp3) is 0.500. The highest BCUT2D eigenvalue weighted by molar-refractivity contribution is 5.95. The van der Waals surface area contributed by atoms with E-state index in [1.165, 1.54) is 6.07 Å². The van der Waals surface area contributed by atoms with E-state index in [1.807, 2.05) is 14.0 Å². The number of nitro groups is 1. The first-order chi connectivity index (χ1) is 9.88. The van der Waals surface area contributed by atoms with Crippen LogP contribution in [0.2, 0.25) is 0 Å². The van der Waals surface area contributed by atoms with Crippen LogP contribution in [0, 0.1) is 21.8 Å². The smallest absolute Gasteiger partial charge is 0.305 e. The van der Waals surface area contributed by atoms with E-state index in [1.54, 1.807) is 0 Å². The molecule has 1 amide bonds. The summed E-state index contributed by atoms with van der Waals surface area (Å²) in [5.74, 6) is -1.05. The summed E-state index contributed by atoms with van der Waals surface area (Å²) in [5, 5.41) is 13.6. The molecule has 2 atom stereocenters. The summed E-state index contributed by atoms with van der Waals surface area (Å²) >= 11 is 0. The molecule has 6 nitrogen and oxygen atoms in total. The van der Waals surface area contributed by atoms with Crippen LogP contribution in [-0.2, 0) is 0 Å². The van der Waals surface area contributed by atoms with Gasteiger partial charge in [-0.25, -0.2) is 0 Å². The Kier molecular flexibility index (Phi) is 4.52. The predicted molar refractivity (Wildman–Crippen MR) is 75.6 cm³/mol. The molecule has 1 aliphatic heterocycles. The molecule has 0 spiro atoms. The van der Waals surface area contributed by atoms with Crippen LogP contribution in [-0.4, -0.2) is 41.9 Å². The average molecular weight is 295 g/mol. The van der Waals surface area contributed by atoms with Gasteiger partial charge in [0.05, 0.1) is 4.92 Å². The van der Waals surface area contributed by atoms with Gasteiger partial charge in [-0.2, -0.15) is 4.39 Å². The summed E-state index contributed by atoms with van der Waals surface area (Å²) in [6.07, 6.45) is 0.826. The monoisotopic (exact) mass is 295 g/mol. The number of nitro benzene ring substituents is 1. The van der Waals surface area contributed by atoms with Crippen LogP contribution in [0.25, 0.3) is 0 Å². The number of hydrogen-bond donors (Lipinski definition) is 1. The second kappa shape index (κ2) is 6.17. The molecule has 1 heterocycles. The lowest BCUT2D eigenvalue weighted by Crippen LogP contribution is -2.48. The molecule has 1 aromatic rings. The summed E-state index contributed by atoms with van der Waals surface area (Å²) in [4.78, 5) is 24.2. The molecular weight excluding hydrogens is 277 g/mol.